The molecule has 2 aromatic rings. The van der Waals surface area contributed by atoms with Crippen LogP contribution in [0, 0.1) is 0 Å². The second-order valence-corrected chi connectivity index (χ2v) is 6.04. The van der Waals surface area contributed by atoms with Gasteiger partial charge in [0.25, 0.3) is 5.56 Å². The van der Waals surface area contributed by atoms with E-state index in [1.54, 1.807) is 17.7 Å². The van der Waals surface area contributed by atoms with Gasteiger partial charge in [-0.1, -0.05) is 25.0 Å². The quantitative estimate of drug-likeness (QED) is 0.902. The number of carbonyl (C=O) groups is 1. The first kappa shape index (κ1) is 15.5. The lowest BCUT2D eigenvalue weighted by Gasteiger charge is -2.13. The fraction of sp³-hybridized carbons (Fsp3) is 0.471. The first-order chi connectivity index (χ1) is 11.1. The predicted molar refractivity (Wildman–Crippen MR) is 89.5 cm³/mol. The van der Waals surface area contributed by atoms with Crippen molar-refractivity contribution in [1.82, 2.24) is 20.2 Å². The molecule has 0 unspecified atom stereocenters. The SMILES string of the molecule is Cn1c(CCNC(=O)NC2CCCC2)nc2ccccc2c1=O. The Morgan fingerprint density at radius 2 is 2.04 bits per heavy atom. The summed E-state index contributed by atoms with van der Waals surface area (Å²) in [6.45, 7) is 0.456. The van der Waals surface area contributed by atoms with Gasteiger partial charge in [0.1, 0.15) is 5.82 Å². The third-order valence-electron chi connectivity index (χ3n) is 4.40. The highest BCUT2D eigenvalue weighted by Crippen LogP contribution is 2.17. The first-order valence-electron chi connectivity index (χ1n) is 8.14. The molecule has 0 atom stereocenters. The summed E-state index contributed by atoms with van der Waals surface area (Å²) in [6, 6.07) is 7.48. The average Bonchev–Trinajstić information content (AvgIpc) is 3.05. The number of urea groups is 1. The number of nitrogens with zero attached hydrogens (tertiary/aromatic N) is 2. The summed E-state index contributed by atoms with van der Waals surface area (Å²) in [5.41, 5.74) is 0.641. The van der Waals surface area contributed by atoms with E-state index in [0.717, 1.165) is 12.8 Å². The van der Waals surface area contributed by atoms with Crippen LogP contribution in [0.15, 0.2) is 29.1 Å². The molecule has 0 saturated heterocycles. The van der Waals surface area contributed by atoms with Crippen molar-refractivity contribution in [2.45, 2.75) is 38.1 Å². The van der Waals surface area contributed by atoms with Crippen molar-refractivity contribution in [2.75, 3.05) is 6.54 Å². The molecule has 122 valence electrons. The predicted octanol–water partition coefficient (Wildman–Crippen LogP) is 1.72. The van der Waals surface area contributed by atoms with Crippen LogP contribution in [0.5, 0.6) is 0 Å². The van der Waals surface area contributed by atoms with E-state index < -0.39 is 0 Å². The van der Waals surface area contributed by atoms with Gasteiger partial charge in [-0.25, -0.2) is 9.78 Å². The average molecular weight is 314 g/mol. The Hall–Kier alpha value is -2.37. The Balaban J connectivity index is 1.62. The lowest BCUT2D eigenvalue weighted by molar-refractivity contribution is 0.237. The third-order valence-corrected chi connectivity index (χ3v) is 4.40. The normalized spacial score (nSPS) is 15.0. The molecular weight excluding hydrogens is 292 g/mol. The van der Waals surface area contributed by atoms with E-state index in [4.69, 9.17) is 0 Å². The highest BCUT2D eigenvalue weighted by atomic mass is 16.2. The van der Waals surface area contributed by atoms with Crippen molar-refractivity contribution in [2.24, 2.45) is 7.05 Å². The minimum Gasteiger partial charge on any atom is -0.338 e. The first-order valence-corrected chi connectivity index (χ1v) is 8.14. The Kier molecular flexibility index (Phi) is 4.60. The highest BCUT2D eigenvalue weighted by molar-refractivity contribution is 5.77. The number of rotatable bonds is 4. The molecule has 0 spiro atoms. The minimum absolute atomic E-state index is 0.0546. The summed E-state index contributed by atoms with van der Waals surface area (Å²) >= 11 is 0. The second kappa shape index (κ2) is 6.81. The summed E-state index contributed by atoms with van der Waals surface area (Å²) in [7, 11) is 1.72. The van der Waals surface area contributed by atoms with E-state index in [0.29, 0.717) is 35.7 Å². The molecule has 1 aromatic carbocycles. The number of para-hydroxylation sites is 1. The summed E-state index contributed by atoms with van der Waals surface area (Å²) in [4.78, 5) is 28.7. The van der Waals surface area contributed by atoms with Crippen molar-refractivity contribution >= 4 is 16.9 Å². The topological polar surface area (TPSA) is 76.0 Å². The van der Waals surface area contributed by atoms with Gasteiger partial charge < -0.3 is 10.6 Å². The maximum Gasteiger partial charge on any atom is 0.315 e. The van der Waals surface area contributed by atoms with Gasteiger partial charge in [0.05, 0.1) is 10.9 Å². The Morgan fingerprint density at radius 3 is 2.83 bits per heavy atom. The molecule has 1 aliphatic carbocycles. The highest BCUT2D eigenvalue weighted by Gasteiger charge is 2.16. The van der Waals surface area contributed by atoms with Crippen LogP contribution in [-0.4, -0.2) is 28.2 Å². The Labute approximate surface area is 134 Å². The molecule has 2 amide bonds. The molecule has 0 radical (unpaired) electrons. The number of nitrogens with one attached hydrogen (secondary N) is 2. The third kappa shape index (κ3) is 3.52. The molecule has 3 rings (SSSR count). The van der Waals surface area contributed by atoms with Gasteiger partial charge in [-0.15, -0.1) is 0 Å². The van der Waals surface area contributed by atoms with Crippen LogP contribution in [0.3, 0.4) is 0 Å². The van der Waals surface area contributed by atoms with Crippen LogP contribution >= 0.6 is 0 Å². The van der Waals surface area contributed by atoms with E-state index in [2.05, 4.69) is 15.6 Å². The molecule has 0 aliphatic heterocycles. The van der Waals surface area contributed by atoms with Crippen molar-refractivity contribution in [1.29, 1.82) is 0 Å². The van der Waals surface area contributed by atoms with E-state index in [1.165, 1.54) is 12.8 Å². The van der Waals surface area contributed by atoms with Gasteiger partial charge in [-0.2, -0.15) is 0 Å². The smallest absolute Gasteiger partial charge is 0.315 e. The number of aromatic nitrogens is 2. The fourth-order valence-electron chi connectivity index (χ4n) is 3.08. The molecule has 1 fully saturated rings. The zero-order chi connectivity index (χ0) is 16.2. The van der Waals surface area contributed by atoms with Crippen LogP contribution < -0.4 is 16.2 Å². The molecule has 23 heavy (non-hydrogen) atoms. The minimum atomic E-state index is -0.136. The molecule has 0 bridgehead atoms. The van der Waals surface area contributed by atoms with E-state index in [1.807, 2.05) is 18.2 Å². The molecule has 1 aromatic heterocycles. The number of amides is 2. The molecule has 6 nitrogen and oxygen atoms in total. The molecule has 1 heterocycles. The fourth-order valence-corrected chi connectivity index (χ4v) is 3.08. The van der Waals surface area contributed by atoms with Crippen molar-refractivity contribution in [3.8, 4) is 0 Å². The number of fused-ring (bicyclic) bond motifs is 1. The molecule has 1 aliphatic rings. The van der Waals surface area contributed by atoms with Crippen LogP contribution in [-0.2, 0) is 13.5 Å². The van der Waals surface area contributed by atoms with Crippen LogP contribution in [0.1, 0.15) is 31.5 Å². The lowest BCUT2D eigenvalue weighted by atomic mass is 10.2. The van der Waals surface area contributed by atoms with E-state index in [9.17, 15) is 9.59 Å². The maximum absolute atomic E-state index is 12.3. The number of carbonyl (C=O) groups excluding carboxylic acids is 1. The van der Waals surface area contributed by atoms with E-state index >= 15 is 0 Å². The van der Waals surface area contributed by atoms with Gasteiger partial charge in [-0.3, -0.25) is 9.36 Å². The zero-order valence-electron chi connectivity index (χ0n) is 13.3. The number of hydrogen-bond donors (Lipinski definition) is 2. The van der Waals surface area contributed by atoms with Crippen molar-refractivity contribution < 1.29 is 4.79 Å². The van der Waals surface area contributed by atoms with Crippen molar-refractivity contribution in [3.05, 3.63) is 40.4 Å². The number of hydrogen-bond acceptors (Lipinski definition) is 3. The van der Waals surface area contributed by atoms with Gasteiger partial charge in [-0.05, 0) is 25.0 Å². The molecule has 6 heteroatoms. The monoisotopic (exact) mass is 314 g/mol. The summed E-state index contributed by atoms with van der Waals surface area (Å²) in [6.07, 6.45) is 5.03. The number of benzene rings is 1. The van der Waals surface area contributed by atoms with Gasteiger partial charge >= 0.3 is 6.03 Å². The lowest BCUT2D eigenvalue weighted by Crippen LogP contribution is -2.41. The molecule has 1 saturated carbocycles. The second-order valence-electron chi connectivity index (χ2n) is 6.04. The zero-order valence-corrected chi connectivity index (χ0v) is 13.3. The van der Waals surface area contributed by atoms with Crippen LogP contribution in [0.2, 0.25) is 0 Å². The summed E-state index contributed by atoms with van der Waals surface area (Å²) in [5, 5.41) is 6.45. The largest absolute Gasteiger partial charge is 0.338 e. The summed E-state index contributed by atoms with van der Waals surface area (Å²) in [5.74, 6) is 0.676. The Morgan fingerprint density at radius 1 is 1.30 bits per heavy atom. The molecular formula is C17H22N4O2. The standard InChI is InChI=1S/C17H22N4O2/c1-21-15(20-14-9-5-4-8-13(14)16(21)22)10-11-18-17(23)19-12-6-2-3-7-12/h4-5,8-9,12H,2-3,6-7,10-11H2,1H3,(H2,18,19,23). The summed E-state index contributed by atoms with van der Waals surface area (Å²) < 4.78 is 1.55. The van der Waals surface area contributed by atoms with Crippen molar-refractivity contribution in [3.63, 3.8) is 0 Å². The van der Waals surface area contributed by atoms with Crippen LogP contribution in [0.25, 0.3) is 10.9 Å². The molecule has 2 N–H and O–H groups in total. The van der Waals surface area contributed by atoms with Gasteiger partial charge in [0.2, 0.25) is 0 Å². The Bertz CT molecular complexity index is 763. The maximum atomic E-state index is 12.3. The van der Waals surface area contributed by atoms with E-state index in [-0.39, 0.29) is 11.6 Å². The van der Waals surface area contributed by atoms with Gasteiger partial charge in [0.15, 0.2) is 0 Å². The van der Waals surface area contributed by atoms with Crippen LogP contribution in [0.4, 0.5) is 4.79 Å². The van der Waals surface area contributed by atoms with Gasteiger partial charge in [0, 0.05) is 26.1 Å².